The van der Waals surface area contributed by atoms with Gasteiger partial charge in [-0.25, -0.2) is 0 Å². The number of hydrogen-bond donors (Lipinski definition) is 0. The summed E-state index contributed by atoms with van der Waals surface area (Å²) in [6.07, 6.45) is 3.94. The maximum Gasteiger partial charge on any atom is 0.139 e. The molecule has 0 unspecified atom stereocenters. The lowest BCUT2D eigenvalue weighted by Gasteiger charge is -2.39. The second kappa shape index (κ2) is 9.93. The first-order valence-corrected chi connectivity index (χ1v) is 10.2. The summed E-state index contributed by atoms with van der Waals surface area (Å²) < 4.78 is 6.55. The van der Waals surface area contributed by atoms with E-state index in [2.05, 4.69) is 32.6 Å². The molecule has 2 heteroatoms. The van der Waals surface area contributed by atoms with Gasteiger partial charge in [0.1, 0.15) is 11.9 Å². The van der Waals surface area contributed by atoms with Crippen LogP contribution in [0, 0.1) is 35.5 Å². The third kappa shape index (κ3) is 5.71. The van der Waals surface area contributed by atoms with Crippen LogP contribution >= 0.6 is 0 Å². The lowest BCUT2D eigenvalue weighted by atomic mass is 9.75. The molecule has 0 N–H and O–H groups in total. The van der Waals surface area contributed by atoms with E-state index in [-0.39, 0.29) is 23.9 Å². The summed E-state index contributed by atoms with van der Waals surface area (Å²) in [6, 6.07) is 9.95. The first kappa shape index (κ1) is 20.7. The molecule has 0 aromatic heterocycles. The van der Waals surface area contributed by atoms with Crippen molar-refractivity contribution in [2.24, 2.45) is 23.7 Å². The van der Waals surface area contributed by atoms with Crippen LogP contribution in [0.25, 0.3) is 0 Å². The highest BCUT2D eigenvalue weighted by Gasteiger charge is 2.34. The molecule has 0 radical (unpaired) electrons. The molecule has 142 valence electrons. The molecule has 5 atom stereocenters. The highest BCUT2D eigenvalue weighted by Crippen LogP contribution is 2.36. The maximum absolute atomic E-state index is 12.3. The van der Waals surface area contributed by atoms with Crippen LogP contribution in [-0.2, 0) is 9.53 Å². The van der Waals surface area contributed by atoms with Crippen LogP contribution in [0.2, 0.25) is 0 Å². The fourth-order valence-corrected chi connectivity index (χ4v) is 3.90. The van der Waals surface area contributed by atoms with Gasteiger partial charge in [0.25, 0.3) is 0 Å². The van der Waals surface area contributed by atoms with Gasteiger partial charge in [-0.2, -0.15) is 0 Å². The summed E-state index contributed by atoms with van der Waals surface area (Å²) in [5.41, 5.74) is 0.967. The molecule has 0 amide bonds. The minimum absolute atomic E-state index is 0.193. The van der Waals surface area contributed by atoms with Crippen molar-refractivity contribution in [1.29, 1.82) is 0 Å². The minimum Gasteiger partial charge on any atom is -0.361 e. The molecular weight excluding hydrogens is 320 g/mol. The number of Topliss-reactive ketones (excluding diaryl/α,β-unsaturated/α-hetero) is 1. The molecule has 1 aliphatic carbocycles. The first-order chi connectivity index (χ1) is 12.4. The molecule has 0 bridgehead atoms. The number of carbonyl (C=O) groups excluding carboxylic acids is 1. The van der Waals surface area contributed by atoms with Gasteiger partial charge in [-0.1, -0.05) is 71.1 Å². The number of carbonyl (C=O) groups is 1. The molecule has 1 aromatic carbocycles. The average Bonchev–Trinajstić information content (AvgIpc) is 2.64. The van der Waals surface area contributed by atoms with Gasteiger partial charge >= 0.3 is 0 Å². The summed E-state index contributed by atoms with van der Waals surface area (Å²) in [6.45, 7) is 10.7. The summed E-state index contributed by atoms with van der Waals surface area (Å²) >= 11 is 0. The van der Waals surface area contributed by atoms with Crippen molar-refractivity contribution in [3.63, 3.8) is 0 Å². The van der Waals surface area contributed by atoms with Crippen LogP contribution in [0.4, 0.5) is 0 Å². The molecule has 1 saturated carbocycles. The van der Waals surface area contributed by atoms with Crippen LogP contribution in [0.1, 0.15) is 65.9 Å². The predicted octanol–water partition coefficient (Wildman–Crippen LogP) is 5.50. The van der Waals surface area contributed by atoms with Crippen molar-refractivity contribution in [3.05, 3.63) is 35.9 Å². The van der Waals surface area contributed by atoms with Gasteiger partial charge < -0.3 is 4.74 Å². The van der Waals surface area contributed by atoms with E-state index in [4.69, 9.17) is 4.74 Å². The zero-order valence-corrected chi connectivity index (χ0v) is 17.0. The lowest BCUT2D eigenvalue weighted by molar-refractivity contribution is -0.130. The Labute approximate surface area is 159 Å². The van der Waals surface area contributed by atoms with Gasteiger partial charge in [-0.15, -0.1) is 0 Å². The third-order valence-electron chi connectivity index (χ3n) is 5.73. The van der Waals surface area contributed by atoms with Crippen molar-refractivity contribution in [2.75, 3.05) is 0 Å². The quantitative estimate of drug-likeness (QED) is 0.631. The Bertz CT molecular complexity index is 623. The van der Waals surface area contributed by atoms with Crippen molar-refractivity contribution in [3.8, 4) is 11.8 Å². The second-order valence-corrected chi connectivity index (χ2v) is 8.17. The second-order valence-electron chi connectivity index (χ2n) is 8.17. The number of rotatable bonds is 6. The van der Waals surface area contributed by atoms with Gasteiger partial charge in [-0.05, 0) is 42.7 Å². The van der Waals surface area contributed by atoms with E-state index in [1.165, 1.54) is 12.8 Å². The molecule has 1 fully saturated rings. The Morgan fingerprint density at radius 2 is 1.88 bits per heavy atom. The van der Waals surface area contributed by atoms with E-state index in [9.17, 15) is 4.79 Å². The van der Waals surface area contributed by atoms with Crippen LogP contribution in [0.3, 0.4) is 0 Å². The smallest absolute Gasteiger partial charge is 0.139 e. The zero-order valence-electron chi connectivity index (χ0n) is 17.0. The minimum atomic E-state index is -0.334. The Balaban J connectivity index is 2.22. The fraction of sp³-hybridized carbons (Fsp3) is 0.625. The molecule has 2 nitrogen and oxygen atoms in total. The molecule has 1 aliphatic rings. The van der Waals surface area contributed by atoms with E-state index in [0.29, 0.717) is 24.2 Å². The SMILES string of the molecule is CCC(=O)[C@H](C)[C@H](C#Cc1ccccc1)O[C@@H]1C[C@H](C)CC[C@H]1C(C)C. The Morgan fingerprint density at radius 1 is 1.19 bits per heavy atom. The molecule has 1 aromatic rings. The first-order valence-electron chi connectivity index (χ1n) is 10.2. The number of ketones is 1. The highest BCUT2D eigenvalue weighted by atomic mass is 16.5. The Hall–Kier alpha value is -1.59. The Kier molecular flexibility index (Phi) is 7.91. The third-order valence-corrected chi connectivity index (χ3v) is 5.73. The van der Waals surface area contributed by atoms with E-state index < -0.39 is 0 Å². The number of benzene rings is 1. The predicted molar refractivity (Wildman–Crippen MR) is 108 cm³/mol. The van der Waals surface area contributed by atoms with Gasteiger partial charge in [0.2, 0.25) is 0 Å². The van der Waals surface area contributed by atoms with Crippen molar-refractivity contribution < 1.29 is 9.53 Å². The van der Waals surface area contributed by atoms with E-state index in [1.54, 1.807) is 0 Å². The summed E-state index contributed by atoms with van der Waals surface area (Å²) in [7, 11) is 0. The standard InChI is InChI=1S/C24H34O2/c1-6-22(25)19(5)23(15-13-20-10-8-7-9-11-20)26-24-16-18(4)12-14-21(24)17(2)3/h7-11,17-19,21,23-24H,6,12,14,16H2,1-5H3/t18-,19+,21+,23+,24-/m1/s1. The van der Waals surface area contributed by atoms with E-state index >= 15 is 0 Å². The monoisotopic (exact) mass is 354 g/mol. The summed E-state index contributed by atoms with van der Waals surface area (Å²) in [5.74, 6) is 8.35. The molecular formula is C24H34O2. The van der Waals surface area contributed by atoms with Gasteiger partial charge in [0, 0.05) is 12.0 Å². The van der Waals surface area contributed by atoms with Gasteiger partial charge in [0.05, 0.1) is 12.0 Å². The molecule has 0 saturated heterocycles. The van der Waals surface area contributed by atoms with Gasteiger partial charge in [-0.3, -0.25) is 4.79 Å². The maximum atomic E-state index is 12.3. The molecule has 0 aliphatic heterocycles. The zero-order chi connectivity index (χ0) is 19.1. The molecule has 2 rings (SSSR count). The van der Waals surface area contributed by atoms with Crippen molar-refractivity contribution in [1.82, 2.24) is 0 Å². The van der Waals surface area contributed by atoms with E-state index in [1.807, 2.05) is 44.2 Å². The lowest BCUT2D eigenvalue weighted by Crippen LogP contribution is -2.39. The van der Waals surface area contributed by atoms with Gasteiger partial charge in [0.15, 0.2) is 0 Å². The number of ether oxygens (including phenoxy) is 1. The van der Waals surface area contributed by atoms with Crippen LogP contribution in [0.5, 0.6) is 0 Å². The van der Waals surface area contributed by atoms with Crippen molar-refractivity contribution in [2.45, 2.75) is 72.5 Å². The van der Waals surface area contributed by atoms with Crippen LogP contribution < -0.4 is 0 Å². The van der Waals surface area contributed by atoms with Crippen LogP contribution in [0.15, 0.2) is 30.3 Å². The topological polar surface area (TPSA) is 26.3 Å². The summed E-state index contributed by atoms with van der Waals surface area (Å²) in [5, 5.41) is 0. The largest absolute Gasteiger partial charge is 0.361 e. The highest BCUT2D eigenvalue weighted by molar-refractivity contribution is 5.81. The fourth-order valence-electron chi connectivity index (χ4n) is 3.90. The average molecular weight is 355 g/mol. The molecule has 0 heterocycles. The molecule has 26 heavy (non-hydrogen) atoms. The van der Waals surface area contributed by atoms with Crippen LogP contribution in [-0.4, -0.2) is 18.0 Å². The molecule has 0 spiro atoms. The summed E-state index contributed by atoms with van der Waals surface area (Å²) in [4.78, 5) is 12.3. The van der Waals surface area contributed by atoms with Crippen molar-refractivity contribution >= 4 is 5.78 Å². The Morgan fingerprint density at radius 3 is 2.50 bits per heavy atom. The normalized spacial score (nSPS) is 25.2. The van der Waals surface area contributed by atoms with E-state index in [0.717, 1.165) is 12.0 Å². The number of hydrogen-bond acceptors (Lipinski definition) is 2.